The lowest BCUT2D eigenvalue weighted by atomic mass is 10.0. The van der Waals surface area contributed by atoms with Crippen molar-refractivity contribution >= 4 is 11.6 Å². The fourth-order valence-electron chi connectivity index (χ4n) is 2.54. The van der Waals surface area contributed by atoms with E-state index in [-0.39, 0.29) is 17.6 Å². The van der Waals surface area contributed by atoms with Crippen LogP contribution in [-0.2, 0) is 0 Å². The Morgan fingerprint density at radius 2 is 1.84 bits per heavy atom. The molecular weight excluding hydrogens is 322 g/mol. The molecule has 0 aliphatic heterocycles. The highest BCUT2D eigenvalue weighted by molar-refractivity contribution is 5.94. The minimum Gasteiger partial charge on any atom is -0.496 e. The van der Waals surface area contributed by atoms with Crippen molar-refractivity contribution in [2.75, 3.05) is 27.7 Å². The Morgan fingerprint density at radius 3 is 2.40 bits per heavy atom. The van der Waals surface area contributed by atoms with Gasteiger partial charge in [-0.2, -0.15) is 0 Å². The molecule has 0 saturated carbocycles. The predicted molar refractivity (Wildman–Crippen MR) is 94.9 cm³/mol. The van der Waals surface area contributed by atoms with E-state index < -0.39 is 4.92 Å². The van der Waals surface area contributed by atoms with Gasteiger partial charge in [-0.25, -0.2) is 0 Å². The summed E-state index contributed by atoms with van der Waals surface area (Å²) in [6, 6.07) is 13.1. The van der Waals surface area contributed by atoms with Crippen LogP contribution in [0.1, 0.15) is 22.0 Å². The molecular formula is C18H21N3O4. The van der Waals surface area contributed by atoms with Gasteiger partial charge in [0.05, 0.1) is 18.1 Å². The average Bonchev–Trinajstić information content (AvgIpc) is 2.61. The monoisotopic (exact) mass is 343 g/mol. The number of nitro benzene ring substituents is 1. The number of amides is 1. The Hall–Kier alpha value is -2.93. The number of hydrogen-bond donors (Lipinski definition) is 1. The van der Waals surface area contributed by atoms with Crippen LogP contribution in [0.25, 0.3) is 0 Å². The van der Waals surface area contributed by atoms with Gasteiger partial charge in [-0.3, -0.25) is 14.9 Å². The Kier molecular flexibility index (Phi) is 6.08. The van der Waals surface area contributed by atoms with Gasteiger partial charge in [0.2, 0.25) is 0 Å². The highest BCUT2D eigenvalue weighted by Crippen LogP contribution is 2.27. The number of nitrogens with zero attached hydrogens (tertiary/aromatic N) is 2. The molecule has 0 radical (unpaired) electrons. The third kappa shape index (κ3) is 4.54. The minimum atomic E-state index is -0.495. The van der Waals surface area contributed by atoms with Gasteiger partial charge in [0.1, 0.15) is 5.75 Å². The van der Waals surface area contributed by atoms with Crippen LogP contribution < -0.4 is 10.1 Å². The second kappa shape index (κ2) is 8.25. The van der Waals surface area contributed by atoms with E-state index in [2.05, 4.69) is 5.32 Å². The molecule has 0 heterocycles. The van der Waals surface area contributed by atoms with Gasteiger partial charge in [0.15, 0.2) is 0 Å². The molecule has 0 aromatic heterocycles. The van der Waals surface area contributed by atoms with Crippen molar-refractivity contribution in [3.63, 3.8) is 0 Å². The van der Waals surface area contributed by atoms with Crippen LogP contribution in [0.4, 0.5) is 5.69 Å². The first-order valence-electron chi connectivity index (χ1n) is 7.76. The summed E-state index contributed by atoms with van der Waals surface area (Å²) in [6.07, 6.45) is 0. The fraction of sp³-hybridized carbons (Fsp3) is 0.278. The normalized spacial score (nSPS) is 11.8. The molecule has 0 aliphatic carbocycles. The Balaban J connectivity index is 2.10. The lowest BCUT2D eigenvalue weighted by Crippen LogP contribution is -2.34. The molecule has 1 N–H and O–H groups in total. The molecule has 0 unspecified atom stereocenters. The zero-order valence-corrected chi connectivity index (χ0v) is 14.4. The number of ether oxygens (including phenoxy) is 1. The molecule has 0 saturated heterocycles. The number of nitrogens with one attached hydrogen (secondary N) is 1. The second-order valence-electron chi connectivity index (χ2n) is 5.74. The van der Waals surface area contributed by atoms with Crippen molar-refractivity contribution in [1.29, 1.82) is 0 Å². The maximum atomic E-state index is 12.3. The summed E-state index contributed by atoms with van der Waals surface area (Å²) >= 11 is 0. The first-order chi connectivity index (χ1) is 11.9. The number of non-ortho nitro benzene ring substituents is 1. The molecule has 2 aromatic carbocycles. The largest absolute Gasteiger partial charge is 0.496 e. The molecule has 7 nitrogen and oxygen atoms in total. The van der Waals surface area contributed by atoms with E-state index in [1.807, 2.05) is 43.3 Å². The highest BCUT2D eigenvalue weighted by atomic mass is 16.6. The van der Waals surface area contributed by atoms with E-state index in [0.717, 1.165) is 11.3 Å². The molecule has 25 heavy (non-hydrogen) atoms. The number of methoxy groups -OCH3 is 1. The van der Waals surface area contributed by atoms with Crippen LogP contribution >= 0.6 is 0 Å². The minimum absolute atomic E-state index is 0.0447. The molecule has 1 amide bonds. The Morgan fingerprint density at radius 1 is 1.20 bits per heavy atom. The fourth-order valence-corrected chi connectivity index (χ4v) is 2.54. The van der Waals surface area contributed by atoms with Crippen LogP contribution in [0.3, 0.4) is 0 Å². The number of carbonyl (C=O) groups is 1. The average molecular weight is 343 g/mol. The van der Waals surface area contributed by atoms with E-state index in [4.69, 9.17) is 4.74 Å². The van der Waals surface area contributed by atoms with Gasteiger partial charge >= 0.3 is 0 Å². The van der Waals surface area contributed by atoms with Gasteiger partial charge in [-0.15, -0.1) is 0 Å². The zero-order valence-electron chi connectivity index (χ0n) is 14.4. The first-order valence-corrected chi connectivity index (χ1v) is 7.76. The number of likely N-dealkylation sites (N-methyl/N-ethyl adjacent to an activating group) is 1. The van der Waals surface area contributed by atoms with Crippen molar-refractivity contribution in [3.05, 3.63) is 69.8 Å². The second-order valence-corrected chi connectivity index (χ2v) is 5.74. The van der Waals surface area contributed by atoms with Crippen molar-refractivity contribution in [1.82, 2.24) is 10.2 Å². The van der Waals surface area contributed by atoms with E-state index in [1.54, 1.807) is 7.11 Å². The van der Waals surface area contributed by atoms with Crippen LogP contribution in [0.2, 0.25) is 0 Å². The third-order valence-electron chi connectivity index (χ3n) is 3.92. The van der Waals surface area contributed by atoms with Crippen LogP contribution in [-0.4, -0.2) is 43.5 Å². The molecule has 1 atom stereocenters. The van der Waals surface area contributed by atoms with Crippen LogP contribution in [0.15, 0.2) is 48.5 Å². The number of rotatable bonds is 7. The van der Waals surface area contributed by atoms with Crippen LogP contribution in [0.5, 0.6) is 5.75 Å². The predicted octanol–water partition coefficient (Wildman–Crippen LogP) is 2.64. The Bertz CT molecular complexity index is 744. The number of para-hydroxylation sites is 1. The van der Waals surface area contributed by atoms with Crippen LogP contribution in [0, 0.1) is 10.1 Å². The van der Waals surface area contributed by atoms with E-state index in [9.17, 15) is 14.9 Å². The molecule has 0 bridgehead atoms. The van der Waals surface area contributed by atoms with Crippen molar-refractivity contribution in [3.8, 4) is 5.75 Å². The summed E-state index contributed by atoms with van der Waals surface area (Å²) in [4.78, 5) is 24.5. The lowest BCUT2D eigenvalue weighted by Gasteiger charge is -2.26. The summed E-state index contributed by atoms with van der Waals surface area (Å²) in [5, 5.41) is 13.5. The summed E-state index contributed by atoms with van der Waals surface area (Å²) in [6.45, 7) is 0.378. The molecule has 2 aromatic rings. The molecule has 0 spiro atoms. The summed E-state index contributed by atoms with van der Waals surface area (Å²) in [5.41, 5.74) is 1.30. The van der Waals surface area contributed by atoms with E-state index in [0.29, 0.717) is 12.1 Å². The number of hydrogen-bond acceptors (Lipinski definition) is 5. The molecule has 0 aliphatic rings. The highest BCUT2D eigenvalue weighted by Gasteiger charge is 2.19. The smallest absolute Gasteiger partial charge is 0.269 e. The third-order valence-corrected chi connectivity index (χ3v) is 3.92. The summed E-state index contributed by atoms with van der Waals surface area (Å²) in [5.74, 6) is 0.474. The SMILES string of the molecule is COc1ccccc1[C@@H](CNC(=O)c1ccc([N+](=O)[O-])cc1)N(C)C. The van der Waals surface area contributed by atoms with Gasteiger partial charge in [0, 0.05) is 29.8 Å². The summed E-state index contributed by atoms with van der Waals surface area (Å²) < 4.78 is 5.40. The molecule has 132 valence electrons. The van der Waals surface area contributed by atoms with Gasteiger partial charge in [-0.05, 0) is 32.3 Å². The first kappa shape index (κ1) is 18.4. The Labute approximate surface area is 146 Å². The number of carbonyl (C=O) groups excluding carboxylic acids is 1. The van der Waals surface area contributed by atoms with Gasteiger partial charge in [0.25, 0.3) is 11.6 Å². The topological polar surface area (TPSA) is 84.7 Å². The quantitative estimate of drug-likeness (QED) is 0.617. The maximum absolute atomic E-state index is 12.3. The summed E-state index contributed by atoms with van der Waals surface area (Å²) in [7, 11) is 5.46. The molecule has 0 fully saturated rings. The van der Waals surface area contributed by atoms with E-state index in [1.165, 1.54) is 24.3 Å². The lowest BCUT2D eigenvalue weighted by molar-refractivity contribution is -0.384. The van der Waals surface area contributed by atoms with Crippen molar-refractivity contribution in [2.24, 2.45) is 0 Å². The molecule has 2 rings (SSSR count). The van der Waals surface area contributed by atoms with Crippen molar-refractivity contribution < 1.29 is 14.5 Å². The zero-order chi connectivity index (χ0) is 18.4. The van der Waals surface area contributed by atoms with Gasteiger partial charge < -0.3 is 15.0 Å². The van der Waals surface area contributed by atoms with Crippen molar-refractivity contribution in [2.45, 2.75) is 6.04 Å². The number of benzene rings is 2. The number of nitro groups is 1. The van der Waals surface area contributed by atoms with E-state index >= 15 is 0 Å². The maximum Gasteiger partial charge on any atom is 0.269 e. The van der Waals surface area contributed by atoms with Gasteiger partial charge in [-0.1, -0.05) is 18.2 Å². The molecule has 7 heteroatoms. The standard InChI is InChI=1S/C18H21N3O4/c1-20(2)16(15-6-4-5-7-17(15)25-3)12-19-18(22)13-8-10-14(11-9-13)21(23)24/h4-11,16H,12H2,1-3H3,(H,19,22)/t16-/m1/s1.